The van der Waals surface area contributed by atoms with E-state index in [1.165, 1.54) is 11.1 Å². The van der Waals surface area contributed by atoms with E-state index in [0.29, 0.717) is 25.7 Å². The minimum atomic E-state index is -3.94. The number of hydrogen-bond donors (Lipinski definition) is 0. The van der Waals surface area contributed by atoms with Gasteiger partial charge in [0.25, 0.3) is 11.2 Å². The van der Waals surface area contributed by atoms with E-state index in [9.17, 15) is 9.59 Å². The Labute approximate surface area is 230 Å². The van der Waals surface area contributed by atoms with E-state index in [1.54, 1.807) is 0 Å². The molecule has 2 aliphatic carbocycles. The van der Waals surface area contributed by atoms with Crippen LogP contribution < -0.4 is 10.4 Å². The van der Waals surface area contributed by atoms with Crippen LogP contribution in [0.3, 0.4) is 0 Å². The zero-order valence-corrected chi connectivity index (χ0v) is 23.5. The van der Waals surface area contributed by atoms with Crippen LogP contribution in [0.4, 0.5) is 9.59 Å². The fourth-order valence-corrected chi connectivity index (χ4v) is 10.3. The molecule has 0 saturated carbocycles. The fourth-order valence-electron chi connectivity index (χ4n) is 6.29. The standard InChI is InChI=1S/C34H32O4Si/c1-3-19-37-33(35)39(34(36)38-20-4-2,31-17-9-15-27-25-13-7-5-11-23(25)21-29(27)31)32-18-10-16-28-26-14-8-6-12-24(26)22-30(28)32/h5-18H,3-4,19-22H2,1-2H3. The Hall–Kier alpha value is -3.96. The van der Waals surface area contributed by atoms with E-state index in [2.05, 4.69) is 36.4 Å². The van der Waals surface area contributed by atoms with Crippen LogP contribution in [0.2, 0.25) is 0 Å². The second kappa shape index (κ2) is 10.3. The van der Waals surface area contributed by atoms with Crippen molar-refractivity contribution in [3.8, 4) is 22.3 Å². The first kappa shape index (κ1) is 25.3. The highest BCUT2D eigenvalue weighted by atomic mass is 28.3. The summed E-state index contributed by atoms with van der Waals surface area (Å²) >= 11 is 0. The Balaban J connectivity index is 1.65. The van der Waals surface area contributed by atoms with Crippen molar-refractivity contribution in [1.82, 2.24) is 0 Å². The van der Waals surface area contributed by atoms with E-state index in [-0.39, 0.29) is 13.2 Å². The van der Waals surface area contributed by atoms with Crippen molar-refractivity contribution in [3.63, 3.8) is 0 Å². The zero-order valence-electron chi connectivity index (χ0n) is 22.5. The second-order valence-electron chi connectivity index (χ2n) is 10.4. The Morgan fingerprint density at radius 3 is 1.44 bits per heavy atom. The van der Waals surface area contributed by atoms with Gasteiger partial charge in [-0.25, -0.2) is 0 Å². The minimum Gasteiger partial charge on any atom is -0.469 e. The van der Waals surface area contributed by atoms with Crippen molar-refractivity contribution in [2.45, 2.75) is 39.5 Å². The van der Waals surface area contributed by atoms with Crippen molar-refractivity contribution in [2.24, 2.45) is 0 Å². The number of rotatable bonds is 8. The molecule has 0 spiro atoms. The maximum atomic E-state index is 14.5. The first-order valence-corrected chi connectivity index (χ1v) is 15.9. The van der Waals surface area contributed by atoms with Gasteiger partial charge in [0.2, 0.25) is 0 Å². The summed E-state index contributed by atoms with van der Waals surface area (Å²) in [6.45, 7) is 4.47. The van der Waals surface area contributed by atoms with Crippen molar-refractivity contribution >= 4 is 29.6 Å². The lowest BCUT2D eigenvalue weighted by atomic mass is 10.1. The molecule has 0 bridgehead atoms. The molecule has 4 nitrogen and oxygen atoms in total. The molecule has 0 amide bonds. The molecule has 0 heterocycles. The molecule has 6 rings (SSSR count). The summed E-state index contributed by atoms with van der Waals surface area (Å²) in [5.41, 5.74) is 8.12. The molecule has 0 saturated heterocycles. The summed E-state index contributed by atoms with van der Waals surface area (Å²) in [4.78, 5) is 29.0. The normalized spacial score (nSPS) is 12.8. The average Bonchev–Trinajstić information content (AvgIpc) is 3.54. The quantitative estimate of drug-likeness (QED) is 0.206. The number of carbonyl (C=O) groups excluding carboxylic acids is 2. The van der Waals surface area contributed by atoms with Gasteiger partial charge in [-0.2, -0.15) is 0 Å². The van der Waals surface area contributed by atoms with Crippen LogP contribution in [0.5, 0.6) is 0 Å². The van der Waals surface area contributed by atoms with Gasteiger partial charge in [0.1, 0.15) is 0 Å². The molecule has 0 radical (unpaired) electrons. The Kier molecular flexibility index (Phi) is 6.69. The number of benzene rings is 4. The zero-order chi connectivity index (χ0) is 27.0. The van der Waals surface area contributed by atoms with E-state index in [4.69, 9.17) is 9.47 Å². The number of carbonyl (C=O) groups is 2. The van der Waals surface area contributed by atoms with Crippen LogP contribution in [-0.2, 0) is 22.3 Å². The SMILES string of the molecule is CCCOC(=O)[Si](C(=O)OCCC)(c1cccc2c1Cc1ccccc1-2)c1cccc2c1Cc1ccccc1-2. The Bertz CT molecular complexity index is 1470. The number of ether oxygens (including phenoxy) is 2. The molecule has 196 valence electrons. The Morgan fingerprint density at radius 1 is 0.590 bits per heavy atom. The summed E-state index contributed by atoms with van der Waals surface area (Å²) in [5.74, 6) is 0. The average molecular weight is 533 g/mol. The predicted octanol–water partition coefficient (Wildman–Crippen LogP) is 6.65. The first-order chi connectivity index (χ1) is 19.1. The fraction of sp³-hybridized carbons (Fsp3) is 0.235. The molecule has 0 N–H and O–H groups in total. The van der Waals surface area contributed by atoms with Crippen LogP contribution in [0.15, 0.2) is 84.9 Å². The molecule has 0 fully saturated rings. The molecular formula is C34H32O4Si. The third-order valence-corrected chi connectivity index (χ3v) is 12.1. The third kappa shape index (κ3) is 3.95. The maximum absolute atomic E-state index is 14.5. The predicted molar refractivity (Wildman–Crippen MR) is 158 cm³/mol. The van der Waals surface area contributed by atoms with Crippen LogP contribution in [0.1, 0.15) is 48.9 Å². The smallest absolute Gasteiger partial charge is 0.371 e. The molecule has 39 heavy (non-hydrogen) atoms. The molecule has 4 aromatic carbocycles. The lowest BCUT2D eigenvalue weighted by Gasteiger charge is -2.31. The van der Waals surface area contributed by atoms with Gasteiger partial charge in [-0.05, 0) is 80.6 Å². The molecule has 0 aliphatic heterocycles. The second-order valence-corrected chi connectivity index (χ2v) is 13.7. The van der Waals surface area contributed by atoms with E-state index >= 15 is 0 Å². The molecule has 0 unspecified atom stereocenters. The summed E-state index contributed by atoms with van der Waals surface area (Å²) in [6, 6.07) is 28.8. The van der Waals surface area contributed by atoms with Crippen molar-refractivity contribution in [3.05, 3.63) is 107 Å². The highest BCUT2D eigenvalue weighted by Crippen LogP contribution is 2.39. The molecule has 4 aromatic rings. The molecule has 0 atom stereocenters. The van der Waals surface area contributed by atoms with Crippen LogP contribution >= 0.6 is 0 Å². The van der Waals surface area contributed by atoms with Crippen molar-refractivity contribution in [2.75, 3.05) is 13.2 Å². The molecule has 5 heteroatoms. The van der Waals surface area contributed by atoms with Gasteiger partial charge < -0.3 is 9.47 Å². The number of fused-ring (bicyclic) bond motifs is 6. The largest absolute Gasteiger partial charge is 0.469 e. The minimum absolute atomic E-state index is 0.263. The van der Waals surface area contributed by atoms with Crippen molar-refractivity contribution in [1.29, 1.82) is 0 Å². The van der Waals surface area contributed by atoms with E-state index < -0.39 is 19.3 Å². The van der Waals surface area contributed by atoms with Gasteiger partial charge in [-0.3, -0.25) is 9.59 Å². The Morgan fingerprint density at radius 2 is 1.00 bits per heavy atom. The van der Waals surface area contributed by atoms with Gasteiger partial charge in [0, 0.05) is 0 Å². The highest BCUT2D eigenvalue weighted by Gasteiger charge is 2.59. The van der Waals surface area contributed by atoms with E-state index in [0.717, 1.165) is 43.8 Å². The summed E-state index contributed by atoms with van der Waals surface area (Å²) in [6.07, 6.45) is 2.70. The van der Waals surface area contributed by atoms with Gasteiger partial charge in [0.15, 0.2) is 0 Å². The van der Waals surface area contributed by atoms with Gasteiger partial charge in [-0.1, -0.05) is 98.8 Å². The summed E-state index contributed by atoms with van der Waals surface area (Å²) < 4.78 is 11.9. The maximum Gasteiger partial charge on any atom is 0.371 e. The van der Waals surface area contributed by atoms with Crippen molar-refractivity contribution < 1.29 is 19.1 Å². The molecule has 0 aromatic heterocycles. The van der Waals surface area contributed by atoms with Crippen LogP contribution in [0.25, 0.3) is 22.3 Å². The lowest BCUT2D eigenvalue weighted by Crippen LogP contribution is -2.72. The van der Waals surface area contributed by atoms with Crippen LogP contribution in [0, 0.1) is 0 Å². The molecule has 2 aliphatic rings. The highest BCUT2D eigenvalue weighted by molar-refractivity contribution is 7.37. The van der Waals surface area contributed by atoms with Crippen LogP contribution in [-0.4, -0.2) is 32.5 Å². The number of hydrogen-bond acceptors (Lipinski definition) is 4. The molecular weight excluding hydrogens is 500 g/mol. The third-order valence-electron chi connectivity index (χ3n) is 8.00. The van der Waals surface area contributed by atoms with Gasteiger partial charge in [0.05, 0.1) is 13.2 Å². The first-order valence-electron chi connectivity index (χ1n) is 13.9. The van der Waals surface area contributed by atoms with Gasteiger partial charge >= 0.3 is 8.07 Å². The summed E-state index contributed by atoms with van der Waals surface area (Å²) in [7, 11) is -3.94. The summed E-state index contributed by atoms with van der Waals surface area (Å²) in [5, 5.41) is 1.59. The monoisotopic (exact) mass is 532 g/mol. The van der Waals surface area contributed by atoms with Gasteiger partial charge in [-0.15, -0.1) is 0 Å². The topological polar surface area (TPSA) is 52.6 Å². The lowest BCUT2D eigenvalue weighted by molar-refractivity contribution is 0.162. The van der Waals surface area contributed by atoms with E-state index in [1.807, 2.05) is 62.4 Å².